The van der Waals surface area contributed by atoms with Crippen molar-refractivity contribution in [1.29, 1.82) is 0 Å². The Labute approximate surface area is 695 Å². The maximum Gasteiger partial charge on any atom is 0.303 e. The van der Waals surface area contributed by atoms with Crippen LogP contribution in [0.25, 0.3) is 0 Å². The Kier molecular flexibility index (Phi) is 54.8. The number of unbranched alkanes of at least 4 members (excludes halogenated alkanes) is 5. The largest absolute Gasteiger partial charge is 0.481 e. The van der Waals surface area contributed by atoms with Crippen LogP contribution in [0.2, 0.25) is 0 Å². The molecule has 0 bridgehead atoms. The first kappa shape index (κ1) is 109. The Morgan fingerprint density at radius 2 is 0.610 bits per heavy atom. The number of carbonyl (C=O) groups excluding carboxylic acids is 16. The summed E-state index contributed by atoms with van der Waals surface area (Å²) in [5.74, 6) is -17.1. The molecule has 0 aliphatic rings. The summed E-state index contributed by atoms with van der Waals surface area (Å²) in [5, 5.41) is 46.4. The van der Waals surface area contributed by atoms with Crippen LogP contribution in [0.1, 0.15) is 231 Å². The lowest BCUT2D eigenvalue weighted by Crippen LogP contribution is -2.61. The predicted octanol–water partition coefficient (Wildman–Crippen LogP) is -3.88. The fourth-order valence-electron chi connectivity index (χ4n) is 12.4. The highest BCUT2D eigenvalue weighted by atomic mass is 16.4. The normalized spacial score (nSPS) is 15.2. The molecular weight excluding hydrogens is 1530 g/mol. The van der Waals surface area contributed by atoms with Gasteiger partial charge in [0.15, 0.2) is 0 Å². The van der Waals surface area contributed by atoms with Crippen molar-refractivity contribution < 1.29 is 86.6 Å². The van der Waals surface area contributed by atoms with Gasteiger partial charge >= 0.3 is 5.97 Å². The number of aliphatic carboxylic acids is 1. The lowest BCUT2D eigenvalue weighted by molar-refractivity contribution is -0.139. The third kappa shape index (κ3) is 44.5. The molecule has 40 nitrogen and oxygen atoms in total. The van der Waals surface area contributed by atoms with E-state index in [4.69, 9.17) is 45.9 Å². The van der Waals surface area contributed by atoms with Gasteiger partial charge < -0.3 is 125 Å². The molecule has 31 N–H and O–H groups in total. The van der Waals surface area contributed by atoms with Crippen molar-refractivity contribution in [2.75, 3.05) is 39.3 Å². The van der Waals surface area contributed by atoms with E-state index < -0.39 is 229 Å². The highest BCUT2D eigenvalue weighted by Crippen LogP contribution is 2.17. The Hall–Kier alpha value is -9.25. The van der Waals surface area contributed by atoms with Crippen LogP contribution in [0.5, 0.6) is 0 Å². The molecule has 0 aromatic heterocycles. The van der Waals surface area contributed by atoms with E-state index in [2.05, 4.69) is 74.4 Å². The minimum absolute atomic E-state index is 0.00184. The average molecular weight is 1680 g/mol. The summed E-state index contributed by atoms with van der Waals surface area (Å²) in [6.45, 7) is 22.6. The van der Waals surface area contributed by atoms with Gasteiger partial charge in [-0.1, -0.05) is 95.9 Å². The minimum atomic E-state index is -1.67. The van der Waals surface area contributed by atoms with E-state index in [0.29, 0.717) is 57.9 Å². The van der Waals surface area contributed by atoms with Gasteiger partial charge in [-0.05, 0) is 191 Å². The first-order chi connectivity index (χ1) is 55.4. The molecule has 16 amide bonds. The number of carboxylic acid groups (broad SMARTS) is 1. The second-order valence-corrected chi connectivity index (χ2v) is 32.3. The number of hydrogen-bond donors (Lipinski definition) is 23. The first-order valence-electron chi connectivity index (χ1n) is 41.7. The predicted molar refractivity (Wildman–Crippen MR) is 444 cm³/mol. The fourth-order valence-corrected chi connectivity index (χ4v) is 12.4. The Bertz CT molecular complexity index is 3200. The highest BCUT2D eigenvalue weighted by Gasteiger charge is 2.39. The highest BCUT2D eigenvalue weighted by molar-refractivity contribution is 6.01. The van der Waals surface area contributed by atoms with Crippen LogP contribution in [-0.4, -0.2) is 229 Å². The smallest absolute Gasteiger partial charge is 0.303 e. The van der Waals surface area contributed by atoms with Gasteiger partial charge in [-0.15, -0.1) is 0 Å². The molecule has 118 heavy (non-hydrogen) atoms. The van der Waals surface area contributed by atoms with Gasteiger partial charge in [0.2, 0.25) is 94.5 Å². The Balaban J connectivity index is 6.85. The van der Waals surface area contributed by atoms with E-state index in [0.717, 1.165) is 0 Å². The van der Waals surface area contributed by atoms with Crippen molar-refractivity contribution in [3.63, 3.8) is 0 Å². The standard InChI is InChI=1S/C78H146N22O18/c1-14-47(12)64(76(116)87-41-60(102)88-48(13)66(106)98-62(45(8)9)78(118)97-57(39-44(6)7)74(114)92-52(28-18-23-35-82)71(111)99-63(46(10)11)77(117)94-55(65(86)105)37-42(2)3)100-72(112)53(29-19-24-36-83)90-68(108)50(26-16-21-33-80)89-70(110)54(30-31-61(103)104)93-73(113)56(38-43(4)5)96-69(109)51(27-17-22-34-81)91-75(115)58(40-59(85)101)95-67(107)49(84)25-15-20-32-79/h42-58,62-64H,14-41,79-84H2,1-13H3,(H2,85,101)(H2,86,105)(H,87,116)(H,88,102)(H,89,110)(H,90,108)(H,91,115)(H,92,114)(H,93,113)(H,94,117)(H,95,107)(H,96,109)(H,97,118)(H,98,106)(H,99,111)(H,100,112)(H,103,104)/t47-,48-,49-,50-,51-,52-,53-,54-,55-,56-,57-,58-,62-,63-,64-/m0/s1. The van der Waals surface area contributed by atoms with Crippen molar-refractivity contribution >= 4 is 100 Å². The van der Waals surface area contributed by atoms with E-state index in [1.807, 2.05) is 13.8 Å². The summed E-state index contributed by atoms with van der Waals surface area (Å²) in [6.07, 6.45) is 2.65. The molecule has 676 valence electrons. The molecule has 0 fully saturated rings. The summed E-state index contributed by atoms with van der Waals surface area (Å²) in [4.78, 5) is 233. The lowest BCUT2D eigenvalue weighted by atomic mass is 9.97. The summed E-state index contributed by atoms with van der Waals surface area (Å²) < 4.78 is 0. The summed E-state index contributed by atoms with van der Waals surface area (Å²) in [5.41, 5.74) is 45.9. The monoisotopic (exact) mass is 1680 g/mol. The van der Waals surface area contributed by atoms with Gasteiger partial charge in [-0.2, -0.15) is 0 Å². The van der Waals surface area contributed by atoms with E-state index in [1.54, 1.807) is 69.2 Å². The van der Waals surface area contributed by atoms with Gasteiger partial charge in [-0.25, -0.2) is 0 Å². The van der Waals surface area contributed by atoms with Crippen LogP contribution in [0.4, 0.5) is 0 Å². The first-order valence-corrected chi connectivity index (χ1v) is 41.7. The molecule has 0 aromatic rings. The molecule has 0 rings (SSSR count). The van der Waals surface area contributed by atoms with Crippen molar-refractivity contribution in [1.82, 2.24) is 74.4 Å². The minimum Gasteiger partial charge on any atom is -0.481 e. The van der Waals surface area contributed by atoms with Crippen LogP contribution >= 0.6 is 0 Å². The lowest BCUT2D eigenvalue weighted by Gasteiger charge is -2.29. The second-order valence-electron chi connectivity index (χ2n) is 32.3. The van der Waals surface area contributed by atoms with Crippen molar-refractivity contribution in [3.8, 4) is 0 Å². The summed E-state index contributed by atoms with van der Waals surface area (Å²) in [6, 6.07) is -18.6. The second kappa shape index (κ2) is 59.4. The van der Waals surface area contributed by atoms with Crippen molar-refractivity contribution in [3.05, 3.63) is 0 Å². The molecule has 0 spiro atoms. The third-order valence-corrected chi connectivity index (χ3v) is 19.5. The molecule has 0 unspecified atom stereocenters. The zero-order valence-electron chi connectivity index (χ0n) is 71.9. The van der Waals surface area contributed by atoms with Crippen LogP contribution in [0.3, 0.4) is 0 Å². The molecule has 0 heterocycles. The third-order valence-electron chi connectivity index (χ3n) is 19.5. The molecule has 0 aliphatic carbocycles. The molecule has 15 atom stereocenters. The number of rotatable bonds is 64. The summed E-state index contributed by atoms with van der Waals surface area (Å²) >= 11 is 0. The number of nitrogens with one attached hydrogen (secondary N) is 14. The number of nitrogens with two attached hydrogens (primary N) is 8. The number of hydrogen-bond acceptors (Lipinski definition) is 23. The topological polar surface area (TPSA) is 687 Å². The quantitative estimate of drug-likeness (QED) is 0.0259. The van der Waals surface area contributed by atoms with Gasteiger partial charge in [0.05, 0.1) is 19.0 Å². The molecule has 0 saturated heterocycles. The fraction of sp³-hybridized carbons (Fsp3) is 0.782. The van der Waals surface area contributed by atoms with Crippen LogP contribution in [0.15, 0.2) is 0 Å². The van der Waals surface area contributed by atoms with Gasteiger partial charge in [-0.3, -0.25) is 81.5 Å². The maximum absolute atomic E-state index is 14.6. The van der Waals surface area contributed by atoms with Crippen LogP contribution in [-0.2, 0) is 81.5 Å². The molecule has 0 aromatic carbocycles. The summed E-state index contributed by atoms with van der Waals surface area (Å²) in [7, 11) is 0. The van der Waals surface area contributed by atoms with E-state index in [9.17, 15) is 86.6 Å². The van der Waals surface area contributed by atoms with E-state index in [1.165, 1.54) is 6.92 Å². The molecule has 0 aliphatic heterocycles. The average Bonchev–Trinajstić information content (AvgIpc) is 0.861. The molecule has 0 saturated carbocycles. The van der Waals surface area contributed by atoms with Crippen LogP contribution in [0, 0.1) is 35.5 Å². The number of primary amides is 2. The van der Waals surface area contributed by atoms with E-state index in [-0.39, 0.29) is 115 Å². The number of carbonyl (C=O) groups is 17. The zero-order chi connectivity index (χ0) is 90.1. The number of carboxylic acids is 1. The molecular formula is C78H146N22O18. The number of amides is 16. The Morgan fingerprint density at radius 3 is 0.949 bits per heavy atom. The van der Waals surface area contributed by atoms with Gasteiger partial charge in [0.25, 0.3) is 0 Å². The molecule has 0 radical (unpaired) electrons. The van der Waals surface area contributed by atoms with Gasteiger partial charge in [0.1, 0.15) is 78.5 Å². The van der Waals surface area contributed by atoms with Crippen molar-refractivity contribution in [2.24, 2.45) is 81.4 Å². The maximum atomic E-state index is 14.6. The van der Waals surface area contributed by atoms with Gasteiger partial charge in [0, 0.05) is 6.42 Å². The Morgan fingerprint density at radius 1 is 0.314 bits per heavy atom. The zero-order valence-corrected chi connectivity index (χ0v) is 71.9. The van der Waals surface area contributed by atoms with Crippen molar-refractivity contribution in [2.45, 2.75) is 316 Å². The SMILES string of the molecule is CC[C@H](C)[C@H](NC(=O)[C@H](CCCCN)NC(=O)[C@H](CCCCN)NC(=O)[C@H](CCC(=O)O)NC(=O)[C@H](CC(C)C)NC(=O)[C@H](CCCCN)NC(=O)[C@H](CC(N)=O)NC(=O)[C@@H](N)CCCCN)C(=O)NCC(=O)N[C@@H](C)C(=O)N[C@H](C(=O)N[C@@H](CC(C)C)C(=O)N[C@@H](CCCCN)C(=O)N[C@H](C(=O)N[C@@H](CC(C)C)C(N)=O)C(C)C)C(C)C. The van der Waals surface area contributed by atoms with E-state index >= 15 is 0 Å². The van der Waals surface area contributed by atoms with Crippen LogP contribution < -0.4 is 120 Å². The molecule has 40 heteroatoms.